The fraction of sp³-hybridized carbons (Fsp3) is 0.542. The molecule has 9 heteroatoms. The maximum absolute atomic E-state index is 14.2. The van der Waals surface area contributed by atoms with Crippen LogP contribution in [0.5, 0.6) is 0 Å². The molecule has 0 radical (unpaired) electrons. The fourth-order valence-electron chi connectivity index (χ4n) is 4.69. The van der Waals surface area contributed by atoms with E-state index in [1.54, 1.807) is 37.1 Å². The van der Waals surface area contributed by atoms with Crippen LogP contribution in [0.25, 0.3) is 11.1 Å². The molecular formula is C24H32F2N6O. The number of rotatable bonds is 2. The highest BCUT2D eigenvalue weighted by Gasteiger charge is 2.30. The zero-order valence-corrected chi connectivity index (χ0v) is 19.7. The number of halogens is 2. The maximum Gasteiger partial charge on any atom is 0.264 e. The summed E-state index contributed by atoms with van der Waals surface area (Å²) in [6.45, 7) is 7.57. The molecule has 0 fully saturated rings. The minimum Gasteiger partial charge on any atom is -0.342 e. The molecule has 178 valence electrons. The van der Waals surface area contributed by atoms with Gasteiger partial charge in [-0.1, -0.05) is 6.92 Å². The molecule has 1 amide bonds. The van der Waals surface area contributed by atoms with Gasteiger partial charge < -0.3 is 15.2 Å². The van der Waals surface area contributed by atoms with Crippen LogP contribution in [0.3, 0.4) is 0 Å². The van der Waals surface area contributed by atoms with E-state index < -0.39 is 6.43 Å². The Hall–Kier alpha value is -2.97. The zero-order valence-electron chi connectivity index (χ0n) is 19.7. The van der Waals surface area contributed by atoms with Crippen LogP contribution in [0.1, 0.15) is 51.2 Å². The Balaban J connectivity index is 1.76. The molecule has 4 rings (SSSR count). The van der Waals surface area contributed by atoms with Crippen LogP contribution in [-0.2, 0) is 18.3 Å². The molecule has 2 atom stereocenters. The van der Waals surface area contributed by atoms with Crippen LogP contribution in [0.15, 0.2) is 29.6 Å². The summed E-state index contributed by atoms with van der Waals surface area (Å²) in [7, 11) is 1.78. The van der Waals surface area contributed by atoms with Gasteiger partial charge in [0.2, 0.25) is 5.91 Å². The molecule has 0 saturated carbocycles. The van der Waals surface area contributed by atoms with Gasteiger partial charge in [0.15, 0.2) is 0 Å². The number of hydrazone groups is 1. The minimum atomic E-state index is -2.61. The molecule has 2 aliphatic rings. The van der Waals surface area contributed by atoms with Crippen molar-refractivity contribution in [1.82, 2.24) is 20.1 Å². The SMILES string of the molecule is CC(=O)N1CCC(C)N/N=C(/N2CCCc3cc(-c4cnn(C)c4)c(C(F)F)cc32)C(C)C1. The first-order chi connectivity index (χ1) is 15.7. The third kappa shape index (κ3) is 4.86. The first kappa shape index (κ1) is 23.2. The van der Waals surface area contributed by atoms with Gasteiger partial charge in [-0.05, 0) is 49.4 Å². The molecular weight excluding hydrogens is 426 g/mol. The first-order valence-electron chi connectivity index (χ1n) is 11.5. The molecule has 1 aromatic carbocycles. The normalized spacial score (nSPS) is 23.2. The summed E-state index contributed by atoms with van der Waals surface area (Å²) in [4.78, 5) is 16.1. The van der Waals surface area contributed by atoms with E-state index in [0.29, 0.717) is 30.8 Å². The van der Waals surface area contributed by atoms with Gasteiger partial charge in [-0.15, -0.1) is 0 Å². The number of nitrogens with zero attached hydrogens (tertiary/aromatic N) is 5. The van der Waals surface area contributed by atoms with Crippen molar-refractivity contribution in [2.75, 3.05) is 24.5 Å². The third-order valence-electron chi connectivity index (χ3n) is 6.51. The van der Waals surface area contributed by atoms with E-state index >= 15 is 0 Å². The number of carbonyl (C=O) groups is 1. The standard InChI is InChI=1S/C24H32F2N6O/c1-15-13-31(17(3)33)9-7-16(2)28-29-24(15)32-8-5-6-18-10-20(19-12-27-30(4)14-19)21(23(25)26)11-22(18)32/h10-12,14-16,23,28H,5-9,13H2,1-4H3/b29-24+. The van der Waals surface area contributed by atoms with E-state index in [9.17, 15) is 13.6 Å². The first-order valence-corrected chi connectivity index (χ1v) is 11.5. The van der Waals surface area contributed by atoms with Crippen LogP contribution in [0.2, 0.25) is 0 Å². The molecule has 2 unspecified atom stereocenters. The van der Waals surface area contributed by atoms with Gasteiger partial charge >= 0.3 is 0 Å². The van der Waals surface area contributed by atoms with Crippen molar-refractivity contribution in [2.24, 2.45) is 18.1 Å². The summed E-state index contributed by atoms with van der Waals surface area (Å²) in [6, 6.07) is 3.61. The topological polar surface area (TPSA) is 65.8 Å². The van der Waals surface area contributed by atoms with E-state index in [-0.39, 0.29) is 23.4 Å². The Kier molecular flexibility index (Phi) is 6.67. The largest absolute Gasteiger partial charge is 0.342 e. The van der Waals surface area contributed by atoms with Crippen molar-refractivity contribution in [3.8, 4) is 11.1 Å². The van der Waals surface area contributed by atoms with Gasteiger partial charge in [0.25, 0.3) is 6.43 Å². The Morgan fingerprint density at radius 1 is 1.24 bits per heavy atom. The van der Waals surface area contributed by atoms with E-state index in [4.69, 9.17) is 5.10 Å². The average molecular weight is 459 g/mol. The van der Waals surface area contributed by atoms with E-state index in [1.807, 2.05) is 24.8 Å². The molecule has 3 heterocycles. The summed E-state index contributed by atoms with van der Waals surface area (Å²) in [5.74, 6) is 0.770. The highest BCUT2D eigenvalue weighted by Crippen LogP contribution is 2.39. The van der Waals surface area contributed by atoms with Crippen molar-refractivity contribution in [1.29, 1.82) is 0 Å². The number of aromatic nitrogens is 2. The number of amidine groups is 1. The number of carbonyl (C=O) groups excluding carboxylic acids is 1. The number of fused-ring (bicyclic) bond motifs is 1. The lowest BCUT2D eigenvalue weighted by atomic mass is 9.92. The predicted octanol–water partition coefficient (Wildman–Crippen LogP) is 3.96. The second-order valence-electron chi connectivity index (χ2n) is 9.18. The van der Waals surface area contributed by atoms with E-state index in [0.717, 1.165) is 36.3 Å². The molecule has 0 bridgehead atoms. The number of amides is 1. The molecule has 1 N–H and O–H groups in total. The summed E-state index contributed by atoms with van der Waals surface area (Å²) < 4.78 is 30.0. The van der Waals surface area contributed by atoms with Crippen molar-refractivity contribution < 1.29 is 13.6 Å². The van der Waals surface area contributed by atoms with Crippen LogP contribution in [-0.4, -0.2) is 52.1 Å². The van der Waals surface area contributed by atoms with Crippen molar-refractivity contribution in [3.63, 3.8) is 0 Å². The Morgan fingerprint density at radius 2 is 2.03 bits per heavy atom. The highest BCUT2D eigenvalue weighted by atomic mass is 19.3. The summed E-state index contributed by atoms with van der Waals surface area (Å²) in [5, 5.41) is 8.90. The van der Waals surface area contributed by atoms with E-state index in [2.05, 4.69) is 15.4 Å². The quantitative estimate of drug-likeness (QED) is 0.740. The molecule has 0 saturated heterocycles. The molecule has 1 aromatic heterocycles. The molecule has 7 nitrogen and oxygen atoms in total. The van der Waals surface area contributed by atoms with Gasteiger partial charge in [0.1, 0.15) is 5.84 Å². The lowest BCUT2D eigenvalue weighted by molar-refractivity contribution is -0.129. The lowest BCUT2D eigenvalue weighted by Crippen LogP contribution is -2.44. The summed E-state index contributed by atoms with van der Waals surface area (Å²) in [6.07, 6.45) is 3.28. The highest BCUT2D eigenvalue weighted by molar-refractivity contribution is 6.01. The predicted molar refractivity (Wildman–Crippen MR) is 125 cm³/mol. The molecule has 2 aromatic rings. The monoisotopic (exact) mass is 458 g/mol. The van der Waals surface area contributed by atoms with E-state index in [1.165, 1.54) is 0 Å². The van der Waals surface area contributed by atoms with Crippen LogP contribution < -0.4 is 10.3 Å². The Labute approximate surface area is 193 Å². The van der Waals surface area contributed by atoms with Gasteiger partial charge in [-0.2, -0.15) is 10.2 Å². The number of nitrogens with one attached hydrogen (secondary N) is 1. The van der Waals surface area contributed by atoms with Gasteiger partial charge in [-0.3, -0.25) is 9.48 Å². The second kappa shape index (κ2) is 9.49. The molecule has 33 heavy (non-hydrogen) atoms. The van der Waals surface area contributed by atoms with Crippen molar-refractivity contribution in [3.05, 3.63) is 35.7 Å². The molecule has 0 spiro atoms. The second-order valence-corrected chi connectivity index (χ2v) is 9.18. The van der Waals surface area contributed by atoms with Gasteiger partial charge in [0, 0.05) is 68.6 Å². The Morgan fingerprint density at radius 3 is 2.70 bits per heavy atom. The van der Waals surface area contributed by atoms with Gasteiger partial charge in [0.05, 0.1) is 6.20 Å². The number of hydrogen-bond donors (Lipinski definition) is 1. The minimum absolute atomic E-state index is 0.00309. The smallest absolute Gasteiger partial charge is 0.264 e. The zero-order chi connectivity index (χ0) is 23.7. The number of aryl methyl sites for hydroxylation is 2. The lowest BCUT2D eigenvalue weighted by Gasteiger charge is -2.36. The van der Waals surface area contributed by atoms with Crippen LogP contribution in [0, 0.1) is 5.92 Å². The van der Waals surface area contributed by atoms with Crippen molar-refractivity contribution in [2.45, 2.75) is 52.5 Å². The molecule has 0 aliphatic carbocycles. The van der Waals surface area contributed by atoms with Crippen molar-refractivity contribution >= 4 is 17.4 Å². The summed E-state index contributed by atoms with van der Waals surface area (Å²) >= 11 is 0. The number of alkyl halides is 2. The van der Waals surface area contributed by atoms with Crippen LogP contribution >= 0.6 is 0 Å². The van der Waals surface area contributed by atoms with Crippen LogP contribution in [0.4, 0.5) is 14.5 Å². The number of benzene rings is 1. The number of anilines is 1. The molecule has 2 aliphatic heterocycles. The van der Waals surface area contributed by atoms with Gasteiger partial charge in [-0.25, -0.2) is 8.78 Å². The Bertz CT molecular complexity index is 1050. The fourth-order valence-corrected chi connectivity index (χ4v) is 4.69. The summed E-state index contributed by atoms with van der Waals surface area (Å²) in [5.41, 5.74) is 6.23. The third-order valence-corrected chi connectivity index (χ3v) is 6.51. The average Bonchev–Trinajstić information content (AvgIpc) is 3.23. The number of hydrogen-bond acceptors (Lipinski definition) is 5. The maximum atomic E-state index is 14.2.